The highest BCUT2D eigenvalue weighted by Gasteiger charge is 2.17. The number of aryl methyl sites for hydroxylation is 1. The van der Waals surface area contributed by atoms with Gasteiger partial charge in [0.25, 0.3) is 0 Å². The number of benzene rings is 1. The lowest BCUT2D eigenvalue weighted by Crippen LogP contribution is -2.43. The molecule has 1 saturated heterocycles. The first-order chi connectivity index (χ1) is 8.88. The minimum Gasteiger partial charge on any atom is -0.316 e. The summed E-state index contributed by atoms with van der Waals surface area (Å²) < 4.78 is 2.11. The normalized spacial score (nSPS) is 16.1. The molecule has 0 aliphatic carbocycles. The zero-order valence-electron chi connectivity index (χ0n) is 10.7. The molecular weight excluding hydrogens is 242 g/mol. The van der Waals surface area contributed by atoms with Gasteiger partial charge in [0, 0.05) is 17.7 Å². The second-order valence-electron chi connectivity index (χ2n) is 4.82. The van der Waals surface area contributed by atoms with Gasteiger partial charge in [0.1, 0.15) is 0 Å². The summed E-state index contributed by atoms with van der Waals surface area (Å²) in [7, 11) is 0. The van der Waals surface area contributed by atoms with Crippen molar-refractivity contribution in [1.29, 1.82) is 0 Å². The predicted octanol–water partition coefficient (Wildman–Crippen LogP) is 2.51. The number of nitrogens with one attached hydrogen (secondary N) is 1. The van der Waals surface area contributed by atoms with Gasteiger partial charge in [-0.1, -0.05) is 18.2 Å². The van der Waals surface area contributed by atoms with Crippen LogP contribution in [0.25, 0.3) is 10.9 Å². The summed E-state index contributed by atoms with van der Waals surface area (Å²) in [6.45, 7) is 5.47. The Labute approximate surface area is 112 Å². The van der Waals surface area contributed by atoms with Crippen LogP contribution in [0.2, 0.25) is 0 Å². The molecule has 18 heavy (non-hydrogen) atoms. The van der Waals surface area contributed by atoms with Gasteiger partial charge >= 0.3 is 0 Å². The number of fused-ring (bicyclic) bond motifs is 1. The van der Waals surface area contributed by atoms with Crippen molar-refractivity contribution in [3.8, 4) is 0 Å². The Morgan fingerprint density at radius 3 is 2.94 bits per heavy atom. The molecule has 96 valence electrons. The maximum absolute atomic E-state index is 4.73. The quantitative estimate of drug-likeness (QED) is 0.897. The summed E-state index contributed by atoms with van der Waals surface area (Å²) in [6.07, 6.45) is 0. The zero-order valence-corrected chi connectivity index (χ0v) is 11.5. The lowest BCUT2D eigenvalue weighted by molar-refractivity contribution is 0.385. The van der Waals surface area contributed by atoms with E-state index in [0.717, 1.165) is 18.2 Å². The van der Waals surface area contributed by atoms with Crippen LogP contribution >= 0.6 is 11.8 Å². The topological polar surface area (TPSA) is 29.9 Å². The number of rotatable bonds is 5. The number of hydrogen-bond acceptors (Lipinski definition) is 3. The Kier molecular flexibility index (Phi) is 3.57. The summed E-state index contributed by atoms with van der Waals surface area (Å²) >= 11 is 2.01. The second kappa shape index (κ2) is 5.33. The highest BCUT2D eigenvalue weighted by Crippen LogP contribution is 2.24. The predicted molar refractivity (Wildman–Crippen MR) is 77.9 cm³/mol. The van der Waals surface area contributed by atoms with E-state index in [1.807, 2.05) is 11.8 Å². The van der Waals surface area contributed by atoms with E-state index in [1.54, 1.807) is 0 Å². The molecule has 2 heterocycles. The minimum atomic E-state index is 0.870. The molecule has 0 bridgehead atoms. The average Bonchev–Trinajstić information content (AvgIpc) is 2.71. The summed E-state index contributed by atoms with van der Waals surface area (Å²) in [4.78, 5) is 0. The third kappa shape index (κ3) is 2.27. The van der Waals surface area contributed by atoms with Crippen molar-refractivity contribution in [2.75, 3.05) is 18.8 Å². The molecule has 1 aliphatic heterocycles. The fraction of sp³-hybridized carbons (Fsp3) is 0.500. The molecule has 3 nitrogen and oxygen atoms in total. The maximum Gasteiger partial charge on any atom is 0.0802 e. The van der Waals surface area contributed by atoms with Crippen molar-refractivity contribution < 1.29 is 0 Å². The third-order valence-electron chi connectivity index (χ3n) is 3.49. The molecular formula is C14H19N3S. The monoisotopic (exact) mass is 261 g/mol. The van der Waals surface area contributed by atoms with E-state index >= 15 is 0 Å². The summed E-state index contributed by atoms with van der Waals surface area (Å²) in [6, 6.07) is 8.55. The molecule has 0 amide bonds. The first-order valence-electron chi connectivity index (χ1n) is 6.61. The van der Waals surface area contributed by atoms with Gasteiger partial charge in [-0.15, -0.1) is 0 Å². The van der Waals surface area contributed by atoms with E-state index in [2.05, 4.69) is 41.2 Å². The SMILES string of the molecule is CCn1nc(CSCC2CNC2)c2ccccc21. The van der Waals surface area contributed by atoms with Crippen LogP contribution in [0.4, 0.5) is 0 Å². The molecule has 0 radical (unpaired) electrons. The van der Waals surface area contributed by atoms with E-state index in [9.17, 15) is 0 Å². The number of nitrogens with zero attached hydrogens (tertiary/aromatic N) is 2. The molecule has 1 fully saturated rings. The van der Waals surface area contributed by atoms with Crippen molar-refractivity contribution >= 4 is 22.7 Å². The van der Waals surface area contributed by atoms with Gasteiger partial charge in [0.15, 0.2) is 0 Å². The van der Waals surface area contributed by atoms with Crippen LogP contribution in [-0.4, -0.2) is 28.6 Å². The van der Waals surface area contributed by atoms with E-state index in [1.165, 1.54) is 35.4 Å². The zero-order chi connectivity index (χ0) is 12.4. The number of para-hydroxylation sites is 1. The molecule has 0 unspecified atom stereocenters. The minimum absolute atomic E-state index is 0.870. The average molecular weight is 261 g/mol. The van der Waals surface area contributed by atoms with Crippen LogP contribution in [0.1, 0.15) is 12.6 Å². The Balaban J connectivity index is 1.74. The Hall–Kier alpha value is -1.00. The largest absolute Gasteiger partial charge is 0.316 e. The van der Waals surface area contributed by atoms with Crippen LogP contribution < -0.4 is 5.32 Å². The van der Waals surface area contributed by atoms with Gasteiger partial charge in [0.2, 0.25) is 0 Å². The van der Waals surface area contributed by atoms with E-state index in [4.69, 9.17) is 5.10 Å². The first-order valence-corrected chi connectivity index (χ1v) is 7.77. The van der Waals surface area contributed by atoms with Gasteiger partial charge in [-0.05, 0) is 37.8 Å². The lowest BCUT2D eigenvalue weighted by Gasteiger charge is -2.26. The van der Waals surface area contributed by atoms with E-state index in [-0.39, 0.29) is 0 Å². The van der Waals surface area contributed by atoms with Gasteiger partial charge in [0.05, 0.1) is 11.2 Å². The first kappa shape index (κ1) is 12.1. The van der Waals surface area contributed by atoms with Crippen molar-refractivity contribution in [2.45, 2.75) is 19.2 Å². The number of aromatic nitrogens is 2. The second-order valence-corrected chi connectivity index (χ2v) is 5.85. The Morgan fingerprint density at radius 1 is 1.39 bits per heavy atom. The van der Waals surface area contributed by atoms with Gasteiger partial charge in [-0.3, -0.25) is 4.68 Å². The van der Waals surface area contributed by atoms with E-state index < -0.39 is 0 Å². The molecule has 0 atom stereocenters. The molecule has 0 spiro atoms. The molecule has 2 aromatic rings. The van der Waals surface area contributed by atoms with Gasteiger partial charge in [-0.2, -0.15) is 16.9 Å². The molecule has 4 heteroatoms. The highest BCUT2D eigenvalue weighted by atomic mass is 32.2. The number of hydrogen-bond donors (Lipinski definition) is 1. The van der Waals surface area contributed by atoms with Crippen molar-refractivity contribution in [3.05, 3.63) is 30.0 Å². The standard InChI is InChI=1S/C14H19N3S/c1-2-17-14-6-4-3-5-12(14)13(16-17)10-18-9-11-7-15-8-11/h3-6,11,15H,2,7-10H2,1H3. The Morgan fingerprint density at radius 2 is 2.22 bits per heavy atom. The van der Waals surface area contributed by atoms with Crippen molar-refractivity contribution in [1.82, 2.24) is 15.1 Å². The fourth-order valence-corrected chi connectivity index (χ4v) is 3.43. The molecule has 1 aromatic heterocycles. The molecule has 3 rings (SSSR count). The smallest absolute Gasteiger partial charge is 0.0802 e. The summed E-state index contributed by atoms with van der Waals surface area (Å²) in [5, 5.41) is 9.37. The van der Waals surface area contributed by atoms with Crippen LogP contribution in [-0.2, 0) is 12.3 Å². The maximum atomic E-state index is 4.73. The van der Waals surface area contributed by atoms with Crippen molar-refractivity contribution in [3.63, 3.8) is 0 Å². The molecule has 1 N–H and O–H groups in total. The van der Waals surface area contributed by atoms with E-state index in [0.29, 0.717) is 0 Å². The van der Waals surface area contributed by atoms with Crippen LogP contribution in [0.3, 0.4) is 0 Å². The third-order valence-corrected chi connectivity index (χ3v) is 4.68. The number of thioether (sulfide) groups is 1. The molecule has 1 aliphatic rings. The molecule has 1 aromatic carbocycles. The Bertz CT molecular complexity index is 531. The van der Waals surface area contributed by atoms with Crippen LogP contribution in [0, 0.1) is 5.92 Å². The van der Waals surface area contributed by atoms with Crippen molar-refractivity contribution in [2.24, 2.45) is 5.92 Å². The lowest BCUT2D eigenvalue weighted by atomic mass is 10.1. The van der Waals surface area contributed by atoms with Crippen LogP contribution in [0.15, 0.2) is 24.3 Å². The summed E-state index contributed by atoms with van der Waals surface area (Å²) in [5.74, 6) is 3.15. The van der Waals surface area contributed by atoms with Gasteiger partial charge in [-0.25, -0.2) is 0 Å². The van der Waals surface area contributed by atoms with Crippen LogP contribution in [0.5, 0.6) is 0 Å². The van der Waals surface area contributed by atoms with Gasteiger partial charge < -0.3 is 5.32 Å². The highest BCUT2D eigenvalue weighted by molar-refractivity contribution is 7.98. The summed E-state index contributed by atoms with van der Waals surface area (Å²) in [5.41, 5.74) is 2.51. The fourth-order valence-electron chi connectivity index (χ4n) is 2.33. The molecule has 0 saturated carbocycles.